The monoisotopic (exact) mass is 582 g/mol. The summed E-state index contributed by atoms with van der Waals surface area (Å²) in [6, 6.07) is 22.2. The van der Waals surface area contributed by atoms with Gasteiger partial charge in [-0.05, 0) is 47.5 Å². The summed E-state index contributed by atoms with van der Waals surface area (Å²) in [7, 11) is 2.02. The molecule has 0 spiro atoms. The highest BCUT2D eigenvalue weighted by Crippen LogP contribution is 2.53. The van der Waals surface area contributed by atoms with Gasteiger partial charge < -0.3 is 9.64 Å². The summed E-state index contributed by atoms with van der Waals surface area (Å²) in [5.74, 6) is 1.45. The van der Waals surface area contributed by atoms with Crippen LogP contribution in [-0.2, 0) is 0 Å². The zero-order chi connectivity index (χ0) is 22.7. The van der Waals surface area contributed by atoms with Gasteiger partial charge in [-0.2, -0.15) is 10.1 Å². The highest BCUT2D eigenvalue weighted by molar-refractivity contribution is 9.10. The molecule has 3 aromatic carbocycles. The number of rotatable bonds is 2. The molecule has 3 heterocycles. The van der Waals surface area contributed by atoms with E-state index in [4.69, 9.17) is 16.3 Å². The Kier molecular flexibility index (Phi) is 5.09. The fourth-order valence-corrected chi connectivity index (χ4v) is 5.42. The Morgan fingerprint density at radius 3 is 2.27 bits per heavy atom. The molecular weight excluding hydrogens is 568 g/mol. The minimum absolute atomic E-state index is 0.192. The molecule has 8 heteroatoms. The molecule has 0 bridgehead atoms. The molecule has 164 valence electrons. The Balaban J connectivity index is 1.67. The van der Waals surface area contributed by atoms with Crippen LogP contribution >= 0.6 is 43.5 Å². The number of fused-ring (bicyclic) bond motifs is 3. The number of anilines is 1. The molecule has 0 fully saturated rings. The van der Waals surface area contributed by atoms with Crippen molar-refractivity contribution in [3.05, 3.63) is 109 Å². The van der Waals surface area contributed by atoms with E-state index in [1.54, 1.807) is 6.33 Å². The predicted octanol–water partition coefficient (Wildman–Crippen LogP) is 7.04. The van der Waals surface area contributed by atoms with Crippen LogP contribution in [0.2, 0.25) is 5.02 Å². The van der Waals surface area contributed by atoms with Gasteiger partial charge in [0, 0.05) is 27.1 Å². The average molecular weight is 585 g/mol. The van der Waals surface area contributed by atoms with Gasteiger partial charge in [0.1, 0.15) is 24.2 Å². The Bertz CT molecular complexity index is 1400. The van der Waals surface area contributed by atoms with Crippen molar-refractivity contribution >= 4 is 55.1 Å². The van der Waals surface area contributed by atoms with Crippen LogP contribution in [0, 0.1) is 0 Å². The van der Waals surface area contributed by atoms with Gasteiger partial charge in [-0.1, -0.05) is 73.8 Å². The second-order valence-corrected chi connectivity index (χ2v) is 10.2. The molecular formula is C25H17Br2ClN4O. The Morgan fingerprint density at radius 1 is 0.909 bits per heavy atom. The normalized spacial score (nSPS) is 19.0. The van der Waals surface area contributed by atoms with Crippen LogP contribution in [0.5, 0.6) is 5.75 Å². The van der Waals surface area contributed by atoms with E-state index < -0.39 is 0 Å². The first-order valence-electron chi connectivity index (χ1n) is 10.4. The Morgan fingerprint density at radius 2 is 1.58 bits per heavy atom. The second kappa shape index (κ2) is 8.01. The molecule has 0 saturated heterocycles. The predicted molar refractivity (Wildman–Crippen MR) is 137 cm³/mol. The molecule has 2 atom stereocenters. The first-order valence-corrected chi connectivity index (χ1v) is 12.3. The molecule has 6 rings (SSSR count). The lowest BCUT2D eigenvalue weighted by Crippen LogP contribution is -2.37. The number of nitrogens with zero attached hydrogens (tertiary/aromatic N) is 4. The highest BCUT2D eigenvalue weighted by Gasteiger charge is 2.43. The van der Waals surface area contributed by atoms with E-state index in [1.807, 2.05) is 48.1 Å². The summed E-state index contributed by atoms with van der Waals surface area (Å²) < 4.78 is 10.7. The number of benzene rings is 3. The van der Waals surface area contributed by atoms with Crippen LogP contribution in [0.25, 0.3) is 5.70 Å². The standard InChI is InChI=1S/C25H17Br2ClN4O/c1-31-22-18-3-2-4-19(28)24(18)33-23(15-7-11-17(27)12-8-15)20(22)21(32-25(31)29-13-30-32)14-5-9-16(26)10-6-14/h2-13,21,23H,1H3/t21-,23+/m0/s1. The number of halogens is 3. The van der Waals surface area contributed by atoms with Crippen molar-refractivity contribution in [3.8, 4) is 5.75 Å². The largest absolute Gasteiger partial charge is 0.479 e. The molecule has 4 aromatic rings. The third-order valence-corrected chi connectivity index (χ3v) is 7.46. The maximum Gasteiger partial charge on any atom is 0.229 e. The molecule has 0 amide bonds. The lowest BCUT2D eigenvalue weighted by molar-refractivity contribution is 0.222. The topological polar surface area (TPSA) is 43.2 Å². The average Bonchev–Trinajstić information content (AvgIpc) is 3.31. The Labute approximate surface area is 212 Å². The molecule has 5 nitrogen and oxygen atoms in total. The zero-order valence-corrected chi connectivity index (χ0v) is 21.3. The maximum absolute atomic E-state index is 6.67. The van der Waals surface area contributed by atoms with Crippen LogP contribution in [0.3, 0.4) is 0 Å². The summed E-state index contributed by atoms with van der Waals surface area (Å²) in [5.41, 5.74) is 5.22. The number of para-hydroxylation sites is 1. The SMILES string of the molecule is CN1C2=C([C@H](c3ccc(Br)cc3)n3ncnc31)[C@@H](c1ccc(Br)cc1)Oc1c(Cl)cccc12. The van der Waals surface area contributed by atoms with Gasteiger partial charge >= 0.3 is 0 Å². The van der Waals surface area contributed by atoms with E-state index in [9.17, 15) is 0 Å². The minimum atomic E-state index is -0.353. The van der Waals surface area contributed by atoms with Gasteiger partial charge in [-0.25, -0.2) is 4.68 Å². The van der Waals surface area contributed by atoms with E-state index in [0.29, 0.717) is 10.8 Å². The highest BCUT2D eigenvalue weighted by atomic mass is 79.9. The van der Waals surface area contributed by atoms with Crippen molar-refractivity contribution in [2.45, 2.75) is 12.1 Å². The van der Waals surface area contributed by atoms with Crippen LogP contribution < -0.4 is 9.64 Å². The van der Waals surface area contributed by atoms with Crippen LogP contribution in [0.1, 0.15) is 28.8 Å². The molecule has 0 N–H and O–H groups in total. The van der Waals surface area contributed by atoms with Crippen molar-refractivity contribution in [1.29, 1.82) is 0 Å². The number of ether oxygens (including phenoxy) is 1. The van der Waals surface area contributed by atoms with Crippen molar-refractivity contribution < 1.29 is 4.74 Å². The second-order valence-electron chi connectivity index (χ2n) is 7.99. The quantitative estimate of drug-likeness (QED) is 0.254. The van der Waals surface area contributed by atoms with E-state index >= 15 is 0 Å². The van der Waals surface area contributed by atoms with Gasteiger partial charge in [0.25, 0.3) is 0 Å². The lowest BCUT2D eigenvalue weighted by Gasteiger charge is -2.42. The smallest absolute Gasteiger partial charge is 0.229 e. The molecule has 0 saturated carbocycles. The Hall–Kier alpha value is -2.61. The van der Waals surface area contributed by atoms with E-state index in [0.717, 1.165) is 42.9 Å². The van der Waals surface area contributed by atoms with Gasteiger partial charge in [-0.15, -0.1) is 0 Å². The minimum Gasteiger partial charge on any atom is -0.479 e. The van der Waals surface area contributed by atoms with Gasteiger partial charge in [0.15, 0.2) is 0 Å². The summed E-state index contributed by atoms with van der Waals surface area (Å²) in [6.07, 6.45) is 1.25. The number of hydrogen-bond donors (Lipinski definition) is 0. The molecule has 0 radical (unpaired) electrons. The van der Waals surface area contributed by atoms with E-state index in [2.05, 4.69) is 77.2 Å². The van der Waals surface area contributed by atoms with Gasteiger partial charge in [0.2, 0.25) is 5.95 Å². The van der Waals surface area contributed by atoms with Crippen LogP contribution in [0.15, 0.2) is 87.6 Å². The van der Waals surface area contributed by atoms with Gasteiger partial charge in [-0.3, -0.25) is 0 Å². The van der Waals surface area contributed by atoms with Crippen molar-refractivity contribution in [2.75, 3.05) is 11.9 Å². The molecule has 33 heavy (non-hydrogen) atoms. The third-order valence-electron chi connectivity index (χ3n) is 6.10. The van der Waals surface area contributed by atoms with Crippen LogP contribution in [0.4, 0.5) is 5.95 Å². The van der Waals surface area contributed by atoms with E-state index in [-0.39, 0.29) is 12.1 Å². The fourth-order valence-electron chi connectivity index (χ4n) is 4.67. The van der Waals surface area contributed by atoms with Crippen molar-refractivity contribution in [2.24, 2.45) is 0 Å². The first kappa shape index (κ1) is 21.0. The van der Waals surface area contributed by atoms with Gasteiger partial charge in [0.05, 0.1) is 10.7 Å². The first-order chi connectivity index (χ1) is 16.0. The summed E-state index contributed by atoms with van der Waals surface area (Å²) >= 11 is 13.7. The molecule has 1 aromatic heterocycles. The summed E-state index contributed by atoms with van der Waals surface area (Å²) in [4.78, 5) is 6.67. The third kappa shape index (κ3) is 3.33. The van der Waals surface area contributed by atoms with Crippen molar-refractivity contribution in [3.63, 3.8) is 0 Å². The molecule has 0 aliphatic carbocycles. The van der Waals surface area contributed by atoms with Crippen LogP contribution in [-0.4, -0.2) is 21.8 Å². The molecule has 2 aliphatic heterocycles. The van der Waals surface area contributed by atoms with Crippen molar-refractivity contribution in [1.82, 2.24) is 14.8 Å². The summed E-state index contributed by atoms with van der Waals surface area (Å²) in [6.45, 7) is 0. The summed E-state index contributed by atoms with van der Waals surface area (Å²) in [5, 5.41) is 5.21. The number of hydrogen-bond acceptors (Lipinski definition) is 4. The lowest BCUT2D eigenvalue weighted by atomic mass is 9.84. The maximum atomic E-state index is 6.67. The molecule has 0 unspecified atom stereocenters. The van der Waals surface area contributed by atoms with E-state index in [1.165, 1.54) is 0 Å². The fraction of sp³-hybridized carbons (Fsp3) is 0.120. The molecule has 2 aliphatic rings. The zero-order valence-electron chi connectivity index (χ0n) is 17.4. The number of aromatic nitrogens is 3.